The third-order valence-electron chi connectivity index (χ3n) is 5.66. The average Bonchev–Trinajstić information content (AvgIpc) is 2.66. The zero-order valence-corrected chi connectivity index (χ0v) is 19.2. The van der Waals surface area contributed by atoms with Gasteiger partial charge in [-0.2, -0.15) is 0 Å². The number of ether oxygens (including phenoxy) is 1. The van der Waals surface area contributed by atoms with Crippen molar-refractivity contribution in [2.24, 2.45) is 17.8 Å². The van der Waals surface area contributed by atoms with Gasteiger partial charge in [-0.1, -0.05) is 51.7 Å². The van der Waals surface area contributed by atoms with E-state index in [0.717, 1.165) is 12.0 Å². The molecule has 0 aromatic heterocycles. The van der Waals surface area contributed by atoms with Crippen LogP contribution in [0.4, 0.5) is 0 Å². The van der Waals surface area contributed by atoms with Crippen LogP contribution in [0.5, 0.6) is 5.75 Å². The molecule has 1 aromatic rings. The summed E-state index contributed by atoms with van der Waals surface area (Å²) in [6.45, 7) is 11.3. The minimum Gasteiger partial charge on any atom is -0.426 e. The van der Waals surface area contributed by atoms with Gasteiger partial charge < -0.3 is 4.74 Å². The Morgan fingerprint density at radius 2 is 1.73 bits per heavy atom. The second-order valence-corrected chi connectivity index (χ2v) is 8.44. The lowest BCUT2D eigenvalue weighted by Gasteiger charge is -2.30. The third kappa shape index (κ3) is 8.29. The predicted molar refractivity (Wildman–Crippen MR) is 122 cm³/mol. The summed E-state index contributed by atoms with van der Waals surface area (Å²) in [6.07, 6.45) is 6.04. The predicted octanol–water partition coefficient (Wildman–Crippen LogP) is 5.67. The molecule has 162 valence electrons. The van der Waals surface area contributed by atoms with E-state index < -0.39 is 5.97 Å². The second-order valence-electron chi connectivity index (χ2n) is 8.44. The van der Waals surface area contributed by atoms with Crippen LogP contribution in [0.25, 0.3) is 0 Å². The molecule has 1 rings (SSSR count). The lowest BCUT2D eigenvalue weighted by Crippen LogP contribution is -2.24. The van der Waals surface area contributed by atoms with Gasteiger partial charge in [-0.15, -0.1) is 0 Å². The molecule has 0 heterocycles. The van der Waals surface area contributed by atoms with Crippen molar-refractivity contribution in [1.82, 2.24) is 0 Å². The van der Waals surface area contributed by atoms with Gasteiger partial charge in [0.1, 0.15) is 11.5 Å². The Balaban J connectivity index is 2.76. The molecule has 0 saturated heterocycles. The van der Waals surface area contributed by atoms with Crippen molar-refractivity contribution in [3.63, 3.8) is 0 Å². The van der Waals surface area contributed by atoms with Crippen molar-refractivity contribution in [2.45, 2.75) is 73.0 Å². The minimum atomic E-state index is -0.458. The number of ketones is 2. The topological polar surface area (TPSA) is 60.4 Å². The zero-order chi connectivity index (χ0) is 22.8. The molecule has 4 nitrogen and oxygen atoms in total. The van der Waals surface area contributed by atoms with E-state index >= 15 is 0 Å². The maximum atomic E-state index is 12.9. The van der Waals surface area contributed by atoms with Crippen molar-refractivity contribution in [3.05, 3.63) is 41.5 Å². The number of hydrogen-bond acceptors (Lipinski definition) is 4. The molecule has 0 saturated carbocycles. The molecular weight excluding hydrogens is 375 g/mol. The van der Waals surface area contributed by atoms with Gasteiger partial charge in [-0.05, 0) is 48.8 Å². The van der Waals surface area contributed by atoms with Gasteiger partial charge >= 0.3 is 5.97 Å². The number of carbonyl (C=O) groups is 3. The number of aryl methyl sites for hydroxylation is 1. The van der Waals surface area contributed by atoms with Gasteiger partial charge in [0.15, 0.2) is 5.78 Å². The summed E-state index contributed by atoms with van der Waals surface area (Å²) in [7, 11) is 6.47. The monoisotopic (exact) mass is 410 g/mol. The van der Waals surface area contributed by atoms with Crippen LogP contribution in [0.15, 0.2) is 30.4 Å². The van der Waals surface area contributed by atoms with Crippen LogP contribution in [0.1, 0.15) is 76.2 Å². The van der Waals surface area contributed by atoms with Crippen LogP contribution in [0, 0.1) is 24.7 Å². The summed E-state index contributed by atoms with van der Waals surface area (Å²) in [5.41, 5.74) is 1.31. The van der Waals surface area contributed by atoms with E-state index in [1.807, 2.05) is 52.8 Å². The molecule has 0 fully saturated rings. The fraction of sp³-hybridized carbons (Fsp3) is 0.560. The first-order valence-electron chi connectivity index (χ1n) is 10.8. The number of carbonyl (C=O) groups excluding carboxylic acids is 3. The molecule has 0 amide bonds. The van der Waals surface area contributed by atoms with E-state index in [1.54, 1.807) is 12.1 Å². The second kappa shape index (κ2) is 12.5. The van der Waals surface area contributed by atoms with E-state index in [2.05, 4.69) is 0 Å². The standard InChI is InChI=1S/C25H35BO4/c1-7-8-9-10-21(28)14-17(3)19(5)25(26)18(4)15-23(29)22-12-11-16(2)13-24(22)30-20(6)27/h8-9,11-13,17-19,25H,7,10,14-15H2,1-6H3/b9-8-. The van der Waals surface area contributed by atoms with E-state index in [-0.39, 0.29) is 41.6 Å². The molecule has 5 heteroatoms. The maximum Gasteiger partial charge on any atom is 0.308 e. The van der Waals surface area contributed by atoms with Gasteiger partial charge in [-0.25, -0.2) is 0 Å². The highest BCUT2D eigenvalue weighted by atomic mass is 16.5. The van der Waals surface area contributed by atoms with Gasteiger partial charge in [-0.3, -0.25) is 14.4 Å². The van der Waals surface area contributed by atoms with Gasteiger partial charge in [0.2, 0.25) is 0 Å². The molecule has 0 aliphatic rings. The molecule has 0 N–H and O–H groups in total. The van der Waals surface area contributed by atoms with Crippen molar-refractivity contribution in [3.8, 4) is 5.75 Å². The van der Waals surface area contributed by atoms with Crippen LogP contribution in [-0.4, -0.2) is 25.4 Å². The highest BCUT2D eigenvalue weighted by molar-refractivity contribution is 6.12. The molecule has 0 spiro atoms. The molecule has 2 radical (unpaired) electrons. The Morgan fingerprint density at radius 1 is 1.07 bits per heavy atom. The van der Waals surface area contributed by atoms with E-state index in [4.69, 9.17) is 12.6 Å². The Hall–Kier alpha value is -2.17. The fourth-order valence-electron chi connectivity index (χ4n) is 3.55. The number of hydrogen-bond donors (Lipinski definition) is 0. The smallest absolute Gasteiger partial charge is 0.308 e. The van der Waals surface area contributed by atoms with Crippen LogP contribution in [0.2, 0.25) is 5.82 Å². The summed E-state index contributed by atoms with van der Waals surface area (Å²) < 4.78 is 5.23. The summed E-state index contributed by atoms with van der Waals surface area (Å²) in [6, 6.07) is 5.22. The highest BCUT2D eigenvalue weighted by Gasteiger charge is 2.27. The quantitative estimate of drug-likeness (QED) is 0.146. The highest BCUT2D eigenvalue weighted by Crippen LogP contribution is 2.35. The number of benzene rings is 1. The van der Waals surface area contributed by atoms with Crippen LogP contribution in [-0.2, 0) is 9.59 Å². The summed E-state index contributed by atoms with van der Waals surface area (Å²) in [5, 5.41) is 0. The number of esters is 1. The van der Waals surface area contributed by atoms with E-state index in [9.17, 15) is 14.4 Å². The van der Waals surface area contributed by atoms with Gasteiger partial charge in [0.25, 0.3) is 0 Å². The Kier molecular flexibility index (Phi) is 10.8. The SMILES string of the molecule is [B]C(C(C)CC(=O)c1ccc(C)cc1OC(C)=O)C(C)C(C)CC(=O)C/C=C\CC. The molecule has 4 unspecified atom stereocenters. The fourth-order valence-corrected chi connectivity index (χ4v) is 3.55. The minimum absolute atomic E-state index is 0.0727. The molecule has 0 aliphatic heterocycles. The Labute approximate surface area is 182 Å². The molecule has 4 atom stereocenters. The van der Waals surface area contributed by atoms with Crippen molar-refractivity contribution < 1.29 is 19.1 Å². The Bertz CT molecular complexity index is 768. The van der Waals surface area contributed by atoms with Gasteiger partial charge in [0, 0.05) is 26.2 Å². The zero-order valence-electron chi connectivity index (χ0n) is 19.2. The first-order chi connectivity index (χ1) is 14.1. The molecule has 30 heavy (non-hydrogen) atoms. The van der Waals surface area contributed by atoms with E-state index in [1.165, 1.54) is 6.92 Å². The van der Waals surface area contributed by atoms with Crippen LogP contribution < -0.4 is 4.74 Å². The molecule has 0 aliphatic carbocycles. The lowest BCUT2D eigenvalue weighted by molar-refractivity contribution is -0.131. The summed E-state index contributed by atoms with van der Waals surface area (Å²) in [5.74, 6) is -0.118. The number of Topliss-reactive ketones (excluding diaryl/α,β-unsaturated/α-hetero) is 2. The molecular formula is C25H35BO4. The maximum absolute atomic E-state index is 12.9. The van der Waals surface area contributed by atoms with Crippen LogP contribution in [0.3, 0.4) is 0 Å². The number of allylic oxidation sites excluding steroid dienone is 2. The Morgan fingerprint density at radius 3 is 2.33 bits per heavy atom. The average molecular weight is 410 g/mol. The molecule has 0 bridgehead atoms. The summed E-state index contributed by atoms with van der Waals surface area (Å²) >= 11 is 0. The lowest BCUT2D eigenvalue weighted by atomic mass is 9.64. The normalized spacial score (nSPS) is 15.4. The largest absolute Gasteiger partial charge is 0.426 e. The summed E-state index contributed by atoms with van der Waals surface area (Å²) in [4.78, 5) is 36.4. The number of rotatable bonds is 12. The van der Waals surface area contributed by atoms with Crippen molar-refractivity contribution >= 4 is 25.4 Å². The first kappa shape index (κ1) is 25.9. The third-order valence-corrected chi connectivity index (χ3v) is 5.66. The van der Waals surface area contributed by atoms with Crippen molar-refractivity contribution in [1.29, 1.82) is 0 Å². The van der Waals surface area contributed by atoms with Gasteiger partial charge in [0.05, 0.1) is 13.4 Å². The molecule has 1 aromatic carbocycles. The first-order valence-corrected chi connectivity index (χ1v) is 10.8. The van der Waals surface area contributed by atoms with Crippen molar-refractivity contribution in [2.75, 3.05) is 0 Å². The van der Waals surface area contributed by atoms with Crippen LogP contribution >= 0.6 is 0 Å². The van der Waals surface area contributed by atoms with E-state index in [0.29, 0.717) is 24.2 Å².